The van der Waals surface area contributed by atoms with E-state index in [0.717, 1.165) is 5.69 Å². The number of hydrogen-bond donors (Lipinski definition) is 2. The minimum Gasteiger partial charge on any atom is -0.331 e. The molecular formula is C13H18N2O. The lowest BCUT2D eigenvalue weighted by molar-refractivity contribution is 0.248. The van der Waals surface area contributed by atoms with E-state index < -0.39 is 0 Å². The first-order valence-corrected chi connectivity index (χ1v) is 5.61. The molecule has 2 amide bonds. The Morgan fingerprint density at radius 3 is 2.12 bits per heavy atom. The standard InChI is InChI=1S/C13H18N2O/c1-6-7(2)9(4)12-11(8(6)3)10(5)14-13(16)15-12/h10H,1-5H3,(H2,14,15,16). The van der Waals surface area contributed by atoms with E-state index in [9.17, 15) is 4.79 Å². The Kier molecular flexibility index (Phi) is 2.41. The van der Waals surface area contributed by atoms with Crippen molar-refractivity contribution in [3.05, 3.63) is 27.8 Å². The van der Waals surface area contributed by atoms with Crippen LogP contribution in [0.3, 0.4) is 0 Å². The Bertz CT molecular complexity index is 478. The number of urea groups is 1. The minimum atomic E-state index is -0.106. The number of rotatable bonds is 0. The molecule has 1 aliphatic rings. The van der Waals surface area contributed by atoms with Crippen LogP contribution in [-0.2, 0) is 0 Å². The highest BCUT2D eigenvalue weighted by Crippen LogP contribution is 2.36. The molecule has 0 aromatic heterocycles. The molecule has 2 N–H and O–H groups in total. The molecule has 0 radical (unpaired) electrons. The van der Waals surface area contributed by atoms with Crippen molar-refractivity contribution in [3.8, 4) is 0 Å². The van der Waals surface area contributed by atoms with E-state index in [2.05, 4.69) is 38.3 Å². The molecule has 0 saturated carbocycles. The molecule has 1 aromatic carbocycles. The first-order chi connectivity index (χ1) is 7.43. The molecule has 1 heterocycles. The average molecular weight is 218 g/mol. The monoisotopic (exact) mass is 218 g/mol. The smallest absolute Gasteiger partial charge is 0.319 e. The van der Waals surface area contributed by atoms with Gasteiger partial charge in [0.2, 0.25) is 0 Å². The second kappa shape index (κ2) is 3.51. The summed E-state index contributed by atoms with van der Waals surface area (Å²) in [5.74, 6) is 0. The van der Waals surface area contributed by atoms with Crippen LogP contribution in [0.2, 0.25) is 0 Å². The van der Waals surface area contributed by atoms with Crippen LogP contribution in [0, 0.1) is 27.7 Å². The van der Waals surface area contributed by atoms with Crippen LogP contribution < -0.4 is 10.6 Å². The van der Waals surface area contributed by atoms with Crippen molar-refractivity contribution in [2.45, 2.75) is 40.7 Å². The molecule has 2 rings (SSSR count). The largest absolute Gasteiger partial charge is 0.331 e. The number of carbonyl (C=O) groups excluding carboxylic acids is 1. The Labute approximate surface area is 96.2 Å². The summed E-state index contributed by atoms with van der Waals surface area (Å²) in [6, 6.07) is -0.0208. The quantitative estimate of drug-likeness (QED) is 0.690. The summed E-state index contributed by atoms with van der Waals surface area (Å²) < 4.78 is 0. The lowest BCUT2D eigenvalue weighted by Gasteiger charge is -2.30. The highest BCUT2D eigenvalue weighted by atomic mass is 16.2. The van der Waals surface area contributed by atoms with Gasteiger partial charge >= 0.3 is 6.03 Å². The van der Waals surface area contributed by atoms with Crippen molar-refractivity contribution in [3.63, 3.8) is 0 Å². The fraction of sp³-hybridized carbons (Fsp3) is 0.462. The molecule has 0 aliphatic carbocycles. The van der Waals surface area contributed by atoms with Crippen LogP contribution in [0.4, 0.5) is 10.5 Å². The van der Waals surface area contributed by atoms with Gasteiger partial charge in [0.1, 0.15) is 0 Å². The molecule has 1 aromatic rings. The minimum absolute atomic E-state index is 0.0850. The third-order valence-electron chi connectivity index (χ3n) is 3.75. The second-order valence-corrected chi connectivity index (χ2v) is 4.61. The number of hydrogen-bond acceptors (Lipinski definition) is 1. The molecule has 3 nitrogen and oxygen atoms in total. The van der Waals surface area contributed by atoms with Crippen LogP contribution in [0.25, 0.3) is 0 Å². The van der Waals surface area contributed by atoms with Crippen LogP contribution >= 0.6 is 0 Å². The Hall–Kier alpha value is -1.51. The van der Waals surface area contributed by atoms with Gasteiger partial charge in [-0.25, -0.2) is 4.79 Å². The second-order valence-electron chi connectivity index (χ2n) is 4.61. The third-order valence-corrected chi connectivity index (χ3v) is 3.75. The highest BCUT2D eigenvalue weighted by Gasteiger charge is 2.25. The predicted molar refractivity (Wildman–Crippen MR) is 66.0 cm³/mol. The van der Waals surface area contributed by atoms with Crippen molar-refractivity contribution in [2.24, 2.45) is 0 Å². The van der Waals surface area contributed by atoms with Crippen LogP contribution in [-0.4, -0.2) is 6.03 Å². The highest BCUT2D eigenvalue weighted by molar-refractivity contribution is 5.94. The number of nitrogens with one attached hydrogen (secondary N) is 2. The van der Waals surface area contributed by atoms with Gasteiger partial charge in [0, 0.05) is 5.56 Å². The average Bonchev–Trinajstić information content (AvgIpc) is 2.22. The molecule has 1 atom stereocenters. The summed E-state index contributed by atoms with van der Waals surface area (Å²) in [4.78, 5) is 11.5. The third kappa shape index (κ3) is 1.39. The summed E-state index contributed by atoms with van der Waals surface area (Å²) in [5, 5.41) is 5.82. The van der Waals surface area contributed by atoms with Crippen LogP contribution in [0.5, 0.6) is 0 Å². The number of fused-ring (bicyclic) bond motifs is 1. The van der Waals surface area contributed by atoms with Crippen LogP contribution in [0.15, 0.2) is 0 Å². The van der Waals surface area contributed by atoms with Gasteiger partial charge in [0.05, 0.1) is 11.7 Å². The molecular weight excluding hydrogens is 200 g/mol. The Morgan fingerprint density at radius 2 is 1.50 bits per heavy atom. The van der Waals surface area contributed by atoms with E-state index in [1.807, 2.05) is 6.92 Å². The van der Waals surface area contributed by atoms with Crippen molar-refractivity contribution < 1.29 is 4.79 Å². The Morgan fingerprint density at radius 1 is 0.938 bits per heavy atom. The lowest BCUT2D eigenvalue weighted by Crippen LogP contribution is -2.37. The van der Waals surface area contributed by atoms with Gasteiger partial charge in [-0.05, 0) is 56.9 Å². The zero-order valence-corrected chi connectivity index (χ0v) is 10.5. The molecule has 0 spiro atoms. The number of anilines is 1. The summed E-state index contributed by atoms with van der Waals surface area (Å²) in [6.07, 6.45) is 0. The Balaban J connectivity index is 2.76. The van der Waals surface area contributed by atoms with Gasteiger partial charge in [-0.2, -0.15) is 0 Å². The fourth-order valence-corrected chi connectivity index (χ4v) is 2.46. The van der Waals surface area contributed by atoms with E-state index in [0.29, 0.717) is 0 Å². The molecule has 0 bridgehead atoms. The van der Waals surface area contributed by atoms with Crippen molar-refractivity contribution in [2.75, 3.05) is 5.32 Å². The van der Waals surface area contributed by atoms with Gasteiger partial charge in [-0.1, -0.05) is 0 Å². The predicted octanol–water partition coefficient (Wildman–Crippen LogP) is 3.12. The molecule has 16 heavy (non-hydrogen) atoms. The van der Waals surface area contributed by atoms with Crippen molar-refractivity contribution in [1.29, 1.82) is 0 Å². The number of amides is 2. The number of carbonyl (C=O) groups is 1. The molecule has 0 saturated heterocycles. The molecule has 0 fully saturated rings. The van der Waals surface area contributed by atoms with E-state index >= 15 is 0 Å². The van der Waals surface area contributed by atoms with E-state index in [4.69, 9.17) is 0 Å². The van der Waals surface area contributed by atoms with Gasteiger partial charge in [0.25, 0.3) is 0 Å². The lowest BCUT2D eigenvalue weighted by atomic mass is 9.88. The molecule has 1 aliphatic heterocycles. The van der Waals surface area contributed by atoms with Gasteiger partial charge in [-0.3, -0.25) is 0 Å². The summed E-state index contributed by atoms with van der Waals surface area (Å²) >= 11 is 0. The van der Waals surface area contributed by atoms with Gasteiger partial charge in [-0.15, -0.1) is 0 Å². The zero-order chi connectivity index (χ0) is 12.0. The zero-order valence-electron chi connectivity index (χ0n) is 10.5. The first-order valence-electron chi connectivity index (χ1n) is 5.61. The topological polar surface area (TPSA) is 41.1 Å². The van der Waals surface area contributed by atoms with Crippen molar-refractivity contribution >= 4 is 11.7 Å². The molecule has 86 valence electrons. The molecule has 1 unspecified atom stereocenters. The maximum atomic E-state index is 11.5. The van der Waals surface area contributed by atoms with E-state index in [1.165, 1.54) is 27.8 Å². The molecule has 3 heteroatoms. The summed E-state index contributed by atoms with van der Waals surface area (Å²) in [6.45, 7) is 10.5. The van der Waals surface area contributed by atoms with Crippen LogP contribution in [0.1, 0.15) is 40.8 Å². The van der Waals surface area contributed by atoms with E-state index in [-0.39, 0.29) is 12.1 Å². The summed E-state index contributed by atoms with van der Waals surface area (Å²) in [5.41, 5.74) is 7.27. The normalized spacial score (nSPS) is 18.8. The maximum Gasteiger partial charge on any atom is 0.319 e. The SMILES string of the molecule is Cc1c(C)c(C)c2c(c1C)NC(=O)NC2C. The summed E-state index contributed by atoms with van der Waals surface area (Å²) in [7, 11) is 0. The van der Waals surface area contributed by atoms with Crippen molar-refractivity contribution in [1.82, 2.24) is 5.32 Å². The van der Waals surface area contributed by atoms with Gasteiger partial charge < -0.3 is 10.6 Å². The van der Waals surface area contributed by atoms with E-state index in [1.54, 1.807) is 0 Å². The van der Waals surface area contributed by atoms with Gasteiger partial charge in [0.15, 0.2) is 0 Å². The maximum absolute atomic E-state index is 11.5. The number of benzene rings is 1. The fourth-order valence-electron chi connectivity index (χ4n) is 2.46. The first kappa shape index (κ1) is 11.0.